The molecule has 1 amide bonds. The number of carboxylic acid groups (broad SMARTS) is 1. The van der Waals surface area contributed by atoms with E-state index in [0.29, 0.717) is 0 Å². The summed E-state index contributed by atoms with van der Waals surface area (Å²) in [6.07, 6.45) is 0.0851. The predicted molar refractivity (Wildman–Crippen MR) is 69.6 cm³/mol. The molecule has 7 nitrogen and oxygen atoms in total. The number of methoxy groups -OCH3 is 1. The average Bonchev–Trinajstić information content (AvgIpc) is 2.20. The van der Waals surface area contributed by atoms with Crippen LogP contribution in [-0.2, 0) is 24.2 Å². The SMILES string of the molecule is COCCC(NC(=O)CS(=O)(=O)CC(C)C)C(=O)O. The number of amides is 1. The van der Waals surface area contributed by atoms with Crippen LogP contribution in [0.3, 0.4) is 0 Å². The molecule has 0 saturated heterocycles. The van der Waals surface area contributed by atoms with Gasteiger partial charge >= 0.3 is 5.97 Å². The lowest BCUT2D eigenvalue weighted by atomic mass is 10.2. The van der Waals surface area contributed by atoms with Gasteiger partial charge in [-0.3, -0.25) is 4.79 Å². The Morgan fingerprint density at radius 1 is 1.32 bits per heavy atom. The topological polar surface area (TPSA) is 110 Å². The third-order valence-corrected chi connectivity index (χ3v) is 4.06. The molecule has 0 aromatic rings. The maximum absolute atomic E-state index is 11.6. The van der Waals surface area contributed by atoms with Crippen LogP contribution >= 0.6 is 0 Å². The zero-order valence-corrected chi connectivity index (χ0v) is 12.2. The van der Waals surface area contributed by atoms with Gasteiger partial charge in [0.05, 0.1) is 5.75 Å². The molecule has 1 unspecified atom stereocenters. The lowest BCUT2D eigenvalue weighted by molar-refractivity contribution is -0.142. The first-order valence-electron chi connectivity index (χ1n) is 5.89. The molecule has 0 spiro atoms. The third kappa shape index (κ3) is 8.55. The van der Waals surface area contributed by atoms with Crippen molar-refractivity contribution < 1.29 is 27.9 Å². The van der Waals surface area contributed by atoms with Gasteiger partial charge < -0.3 is 15.2 Å². The summed E-state index contributed by atoms with van der Waals surface area (Å²) in [5.74, 6) is -2.89. The fourth-order valence-electron chi connectivity index (χ4n) is 1.50. The van der Waals surface area contributed by atoms with Gasteiger partial charge in [-0.2, -0.15) is 0 Å². The summed E-state index contributed by atoms with van der Waals surface area (Å²) < 4.78 is 27.9. The summed E-state index contributed by atoms with van der Waals surface area (Å²) in [7, 11) is -2.10. The van der Waals surface area contributed by atoms with E-state index in [-0.39, 0.29) is 24.7 Å². The molecule has 0 aliphatic rings. The van der Waals surface area contributed by atoms with Crippen molar-refractivity contribution in [3.05, 3.63) is 0 Å². The van der Waals surface area contributed by atoms with E-state index in [4.69, 9.17) is 9.84 Å². The van der Waals surface area contributed by atoms with Crippen LogP contribution in [0.15, 0.2) is 0 Å². The summed E-state index contributed by atoms with van der Waals surface area (Å²) in [5.41, 5.74) is 0. The van der Waals surface area contributed by atoms with E-state index >= 15 is 0 Å². The number of ether oxygens (including phenoxy) is 1. The van der Waals surface area contributed by atoms with Gasteiger partial charge in [0, 0.05) is 20.1 Å². The number of carbonyl (C=O) groups is 2. The minimum atomic E-state index is -3.51. The smallest absolute Gasteiger partial charge is 0.326 e. The lowest BCUT2D eigenvalue weighted by Gasteiger charge is -2.14. The van der Waals surface area contributed by atoms with E-state index in [1.807, 2.05) is 0 Å². The Hall–Kier alpha value is -1.15. The Labute approximate surface area is 113 Å². The second kappa shape index (κ2) is 8.11. The molecule has 0 aliphatic heterocycles. The molecule has 2 N–H and O–H groups in total. The molecule has 0 aromatic carbocycles. The highest BCUT2D eigenvalue weighted by molar-refractivity contribution is 7.92. The molecule has 0 saturated carbocycles. The number of hydrogen-bond acceptors (Lipinski definition) is 5. The number of nitrogens with one attached hydrogen (secondary N) is 1. The fourth-order valence-corrected chi connectivity index (χ4v) is 3.11. The number of carboxylic acids is 1. The minimum absolute atomic E-state index is 0.0819. The van der Waals surface area contributed by atoms with Gasteiger partial charge in [0.15, 0.2) is 9.84 Å². The van der Waals surface area contributed by atoms with Crippen LogP contribution < -0.4 is 5.32 Å². The van der Waals surface area contributed by atoms with Crippen LogP contribution in [0.4, 0.5) is 0 Å². The Bertz CT molecular complexity index is 403. The molecule has 0 heterocycles. The molecule has 0 rings (SSSR count). The van der Waals surface area contributed by atoms with Crippen molar-refractivity contribution in [2.45, 2.75) is 26.3 Å². The summed E-state index contributed by atoms with van der Waals surface area (Å²) in [6.45, 7) is 3.62. The van der Waals surface area contributed by atoms with E-state index in [1.54, 1.807) is 13.8 Å². The number of aliphatic carboxylic acids is 1. The molecule has 0 fully saturated rings. The van der Waals surface area contributed by atoms with Crippen molar-refractivity contribution in [2.24, 2.45) is 5.92 Å². The molecular weight excluding hydrogens is 274 g/mol. The van der Waals surface area contributed by atoms with Crippen molar-refractivity contribution in [3.8, 4) is 0 Å². The van der Waals surface area contributed by atoms with Crippen LogP contribution in [0.2, 0.25) is 0 Å². The van der Waals surface area contributed by atoms with E-state index in [9.17, 15) is 18.0 Å². The number of rotatable bonds is 9. The predicted octanol–water partition coefficient (Wildman–Crippen LogP) is -0.337. The van der Waals surface area contributed by atoms with E-state index in [0.717, 1.165) is 0 Å². The van der Waals surface area contributed by atoms with Crippen LogP contribution in [0, 0.1) is 5.92 Å². The van der Waals surface area contributed by atoms with Gasteiger partial charge in [-0.25, -0.2) is 13.2 Å². The average molecular weight is 295 g/mol. The molecule has 8 heteroatoms. The van der Waals surface area contributed by atoms with Crippen molar-refractivity contribution in [1.82, 2.24) is 5.32 Å². The summed E-state index contributed by atoms with van der Waals surface area (Å²) in [5, 5.41) is 11.1. The Balaban J connectivity index is 4.45. The first-order chi connectivity index (χ1) is 8.68. The zero-order valence-electron chi connectivity index (χ0n) is 11.4. The lowest BCUT2D eigenvalue weighted by Crippen LogP contribution is -2.44. The van der Waals surface area contributed by atoms with Gasteiger partial charge in [-0.15, -0.1) is 0 Å². The molecule has 0 aromatic heterocycles. The van der Waals surface area contributed by atoms with Gasteiger partial charge in [-0.1, -0.05) is 13.8 Å². The first-order valence-corrected chi connectivity index (χ1v) is 7.71. The van der Waals surface area contributed by atoms with Crippen LogP contribution in [0.25, 0.3) is 0 Å². The first kappa shape index (κ1) is 17.8. The molecular formula is C11H21NO6S. The molecule has 112 valence electrons. The largest absolute Gasteiger partial charge is 0.480 e. The normalized spacial score (nSPS) is 13.3. The second-order valence-corrected chi connectivity index (χ2v) is 6.80. The maximum Gasteiger partial charge on any atom is 0.326 e. The summed E-state index contributed by atoms with van der Waals surface area (Å²) >= 11 is 0. The van der Waals surface area contributed by atoms with Crippen molar-refractivity contribution in [3.63, 3.8) is 0 Å². The van der Waals surface area contributed by atoms with Crippen LogP contribution in [0.1, 0.15) is 20.3 Å². The second-order valence-electron chi connectivity index (χ2n) is 4.69. The Kier molecular flexibility index (Phi) is 7.62. The summed E-state index contributed by atoms with van der Waals surface area (Å²) in [4.78, 5) is 22.4. The highest BCUT2D eigenvalue weighted by atomic mass is 32.2. The molecule has 0 radical (unpaired) electrons. The highest BCUT2D eigenvalue weighted by Gasteiger charge is 2.23. The fraction of sp³-hybridized carbons (Fsp3) is 0.818. The van der Waals surface area contributed by atoms with Crippen LogP contribution in [0.5, 0.6) is 0 Å². The Morgan fingerprint density at radius 3 is 2.32 bits per heavy atom. The molecule has 19 heavy (non-hydrogen) atoms. The zero-order chi connectivity index (χ0) is 15.1. The number of sulfone groups is 1. The number of carbonyl (C=O) groups excluding carboxylic acids is 1. The van der Waals surface area contributed by atoms with Crippen molar-refractivity contribution in [2.75, 3.05) is 25.2 Å². The third-order valence-electron chi connectivity index (χ3n) is 2.18. The summed E-state index contributed by atoms with van der Waals surface area (Å²) in [6, 6.07) is -1.14. The molecule has 0 aliphatic carbocycles. The number of hydrogen-bond donors (Lipinski definition) is 2. The van der Waals surface area contributed by atoms with Crippen LogP contribution in [-0.4, -0.2) is 56.7 Å². The van der Waals surface area contributed by atoms with Gasteiger partial charge in [0.25, 0.3) is 0 Å². The van der Waals surface area contributed by atoms with Gasteiger partial charge in [0.2, 0.25) is 5.91 Å². The Morgan fingerprint density at radius 2 is 1.89 bits per heavy atom. The van der Waals surface area contributed by atoms with E-state index in [1.165, 1.54) is 7.11 Å². The maximum atomic E-state index is 11.6. The van der Waals surface area contributed by atoms with Gasteiger partial charge in [-0.05, 0) is 5.92 Å². The van der Waals surface area contributed by atoms with Crippen molar-refractivity contribution in [1.29, 1.82) is 0 Å². The standard InChI is InChI=1S/C11H21NO6S/c1-8(2)6-19(16,17)7-10(13)12-9(11(14)15)4-5-18-3/h8-9H,4-7H2,1-3H3,(H,12,13)(H,14,15). The van der Waals surface area contributed by atoms with E-state index < -0.39 is 33.5 Å². The molecule has 0 bridgehead atoms. The van der Waals surface area contributed by atoms with Crippen molar-refractivity contribution >= 4 is 21.7 Å². The highest BCUT2D eigenvalue weighted by Crippen LogP contribution is 2.01. The van der Waals surface area contributed by atoms with E-state index in [2.05, 4.69) is 5.32 Å². The van der Waals surface area contributed by atoms with Gasteiger partial charge in [0.1, 0.15) is 11.8 Å². The molecule has 1 atom stereocenters. The quantitative estimate of drug-likeness (QED) is 0.602. The minimum Gasteiger partial charge on any atom is -0.480 e. The monoisotopic (exact) mass is 295 g/mol.